The molecule has 8 heteroatoms. The maximum atomic E-state index is 13.2. The van der Waals surface area contributed by atoms with Crippen molar-refractivity contribution in [3.63, 3.8) is 0 Å². The number of hydrogen-bond donors (Lipinski definition) is 2. The van der Waals surface area contributed by atoms with E-state index in [-0.39, 0.29) is 28.0 Å². The van der Waals surface area contributed by atoms with Gasteiger partial charge in [-0.15, -0.1) is 0 Å². The Bertz CT molecular complexity index is 1080. The van der Waals surface area contributed by atoms with Gasteiger partial charge in [-0.1, -0.05) is 39.0 Å². The van der Waals surface area contributed by atoms with Gasteiger partial charge in [0, 0.05) is 36.1 Å². The molecule has 1 fully saturated rings. The van der Waals surface area contributed by atoms with Gasteiger partial charge < -0.3 is 10.3 Å². The molecule has 2 aromatic rings. The number of H-pyrrole nitrogens is 1. The molecule has 0 saturated carbocycles. The first-order valence-corrected chi connectivity index (χ1v) is 12.8. The van der Waals surface area contributed by atoms with Crippen LogP contribution < -0.4 is 10.9 Å². The zero-order valence-corrected chi connectivity index (χ0v) is 19.3. The zero-order valence-electron chi connectivity index (χ0n) is 18.4. The number of sulfonamides is 1. The SMILES string of the molecule is CCCCCCCNC(=O)c1cc(=O)[nH]c2ccc(S(=O)(=O)N3CCCC[C@H]3C)cc12. The average Bonchev–Trinajstić information content (AvgIpc) is 2.75. The Labute approximate surface area is 184 Å². The molecule has 1 aliphatic rings. The fraction of sp³-hybridized carbons (Fsp3) is 0.565. The van der Waals surface area contributed by atoms with Gasteiger partial charge in [0.1, 0.15) is 0 Å². The van der Waals surface area contributed by atoms with E-state index < -0.39 is 10.0 Å². The van der Waals surface area contributed by atoms with Crippen molar-refractivity contribution < 1.29 is 13.2 Å². The second-order valence-electron chi connectivity index (χ2n) is 8.39. The number of pyridine rings is 1. The van der Waals surface area contributed by atoms with Crippen molar-refractivity contribution in [3.8, 4) is 0 Å². The molecular weight excluding hydrogens is 414 g/mol. The molecule has 2 N–H and O–H groups in total. The minimum Gasteiger partial charge on any atom is -0.352 e. The molecule has 1 aromatic carbocycles. The Balaban J connectivity index is 1.87. The Morgan fingerprint density at radius 3 is 2.68 bits per heavy atom. The summed E-state index contributed by atoms with van der Waals surface area (Å²) < 4.78 is 28.0. The fourth-order valence-electron chi connectivity index (χ4n) is 4.17. The van der Waals surface area contributed by atoms with Crippen LogP contribution in [0.15, 0.2) is 34.0 Å². The van der Waals surface area contributed by atoms with Crippen LogP contribution in [0.2, 0.25) is 0 Å². The van der Waals surface area contributed by atoms with E-state index in [2.05, 4.69) is 17.2 Å². The number of fused-ring (bicyclic) bond motifs is 1. The monoisotopic (exact) mass is 447 g/mol. The fourth-order valence-corrected chi connectivity index (χ4v) is 5.90. The van der Waals surface area contributed by atoms with E-state index in [9.17, 15) is 18.0 Å². The smallest absolute Gasteiger partial charge is 0.252 e. The van der Waals surface area contributed by atoms with Gasteiger partial charge in [-0.3, -0.25) is 9.59 Å². The van der Waals surface area contributed by atoms with Crippen LogP contribution in [0, 0.1) is 0 Å². The van der Waals surface area contributed by atoms with Crippen LogP contribution >= 0.6 is 0 Å². The van der Waals surface area contributed by atoms with E-state index >= 15 is 0 Å². The topological polar surface area (TPSA) is 99.3 Å². The number of benzene rings is 1. The molecule has 1 aliphatic heterocycles. The second kappa shape index (κ2) is 10.4. The highest BCUT2D eigenvalue weighted by atomic mass is 32.2. The van der Waals surface area contributed by atoms with Crippen molar-refractivity contribution in [2.75, 3.05) is 13.1 Å². The minimum absolute atomic E-state index is 0.0551. The molecule has 1 saturated heterocycles. The summed E-state index contributed by atoms with van der Waals surface area (Å²) in [4.78, 5) is 27.7. The molecule has 0 bridgehead atoms. The lowest BCUT2D eigenvalue weighted by atomic mass is 10.1. The van der Waals surface area contributed by atoms with E-state index in [1.807, 2.05) is 6.92 Å². The summed E-state index contributed by atoms with van der Waals surface area (Å²) in [5.74, 6) is -0.354. The van der Waals surface area contributed by atoms with Gasteiger partial charge in [-0.05, 0) is 44.4 Å². The van der Waals surface area contributed by atoms with Gasteiger partial charge in [-0.2, -0.15) is 4.31 Å². The van der Waals surface area contributed by atoms with E-state index in [0.29, 0.717) is 24.0 Å². The first-order chi connectivity index (χ1) is 14.8. The molecule has 1 amide bonds. The maximum Gasteiger partial charge on any atom is 0.252 e. The van der Waals surface area contributed by atoms with Crippen LogP contribution in [-0.2, 0) is 10.0 Å². The summed E-state index contributed by atoms with van der Waals surface area (Å²) in [6, 6.07) is 5.78. The number of nitrogens with zero attached hydrogens (tertiary/aromatic N) is 1. The molecule has 0 unspecified atom stereocenters. The van der Waals surface area contributed by atoms with Crippen LogP contribution in [0.5, 0.6) is 0 Å². The summed E-state index contributed by atoms with van der Waals surface area (Å²) in [7, 11) is -3.68. The molecular formula is C23H33N3O4S. The number of carbonyl (C=O) groups excluding carboxylic acids is 1. The van der Waals surface area contributed by atoms with Gasteiger partial charge in [0.15, 0.2) is 0 Å². The minimum atomic E-state index is -3.68. The highest BCUT2D eigenvalue weighted by Crippen LogP contribution is 2.27. The number of aromatic nitrogens is 1. The quantitative estimate of drug-likeness (QED) is 0.571. The van der Waals surface area contributed by atoms with Gasteiger partial charge >= 0.3 is 0 Å². The van der Waals surface area contributed by atoms with Crippen molar-refractivity contribution in [3.05, 3.63) is 40.2 Å². The molecule has 31 heavy (non-hydrogen) atoms. The molecule has 170 valence electrons. The molecule has 0 radical (unpaired) electrons. The number of hydrogen-bond acceptors (Lipinski definition) is 4. The van der Waals surface area contributed by atoms with Crippen LogP contribution in [0.3, 0.4) is 0 Å². The summed E-state index contributed by atoms with van der Waals surface area (Å²) in [6.07, 6.45) is 8.10. The molecule has 1 atom stereocenters. The van der Waals surface area contributed by atoms with E-state index in [0.717, 1.165) is 44.9 Å². The standard InChI is InChI=1S/C23H33N3O4S/c1-3-4-5-6-8-13-24-23(28)20-16-22(27)25-21-12-11-18(15-19(20)21)31(29,30)26-14-9-7-10-17(26)2/h11-12,15-17H,3-10,13-14H2,1-2H3,(H,24,28)(H,25,27)/t17-/m1/s1. The Morgan fingerprint density at radius 2 is 1.94 bits per heavy atom. The molecule has 0 spiro atoms. The van der Waals surface area contributed by atoms with Crippen LogP contribution in [-0.4, -0.2) is 42.7 Å². The molecule has 1 aromatic heterocycles. The average molecular weight is 448 g/mol. The third-order valence-electron chi connectivity index (χ3n) is 5.97. The molecule has 7 nitrogen and oxygen atoms in total. The van der Waals surface area contributed by atoms with E-state index in [4.69, 9.17) is 0 Å². The summed E-state index contributed by atoms with van der Waals surface area (Å²) in [5, 5.41) is 3.31. The third kappa shape index (κ3) is 5.54. The highest BCUT2D eigenvalue weighted by molar-refractivity contribution is 7.89. The number of aromatic amines is 1. The first kappa shape index (κ1) is 23.5. The van der Waals surface area contributed by atoms with Crippen molar-refractivity contribution >= 4 is 26.8 Å². The zero-order chi connectivity index (χ0) is 22.4. The Morgan fingerprint density at radius 1 is 1.16 bits per heavy atom. The van der Waals surface area contributed by atoms with Crippen molar-refractivity contribution in [2.45, 2.75) is 76.2 Å². The number of nitrogens with one attached hydrogen (secondary N) is 2. The van der Waals surface area contributed by atoms with Crippen LogP contribution in [0.25, 0.3) is 10.9 Å². The number of piperidine rings is 1. The van der Waals surface area contributed by atoms with Gasteiger partial charge in [0.25, 0.3) is 5.91 Å². The molecule has 2 heterocycles. The number of unbranched alkanes of at least 4 members (excludes halogenated alkanes) is 4. The van der Waals surface area contributed by atoms with Crippen molar-refractivity contribution in [1.82, 2.24) is 14.6 Å². The summed E-state index contributed by atoms with van der Waals surface area (Å²) in [5.41, 5.74) is 0.267. The van der Waals surface area contributed by atoms with Gasteiger partial charge in [0.05, 0.1) is 10.5 Å². The van der Waals surface area contributed by atoms with Crippen molar-refractivity contribution in [1.29, 1.82) is 0 Å². The summed E-state index contributed by atoms with van der Waals surface area (Å²) >= 11 is 0. The lowest BCUT2D eigenvalue weighted by Crippen LogP contribution is -2.41. The summed E-state index contributed by atoms with van der Waals surface area (Å²) in [6.45, 7) is 5.10. The lowest BCUT2D eigenvalue weighted by molar-refractivity contribution is 0.0954. The first-order valence-electron chi connectivity index (χ1n) is 11.3. The number of carbonyl (C=O) groups is 1. The van der Waals surface area contributed by atoms with Crippen LogP contribution in [0.1, 0.15) is 75.6 Å². The predicted octanol–water partition coefficient (Wildman–Crippen LogP) is 3.79. The van der Waals surface area contributed by atoms with Gasteiger partial charge in [-0.25, -0.2) is 8.42 Å². The Hall–Kier alpha value is -2.19. The highest BCUT2D eigenvalue weighted by Gasteiger charge is 2.31. The predicted molar refractivity (Wildman–Crippen MR) is 123 cm³/mol. The van der Waals surface area contributed by atoms with E-state index in [1.54, 1.807) is 10.4 Å². The number of rotatable bonds is 9. The molecule has 3 rings (SSSR count). The largest absolute Gasteiger partial charge is 0.352 e. The third-order valence-corrected chi connectivity index (χ3v) is 7.98. The Kier molecular flexibility index (Phi) is 7.89. The number of amides is 1. The van der Waals surface area contributed by atoms with E-state index in [1.165, 1.54) is 24.6 Å². The van der Waals surface area contributed by atoms with Crippen LogP contribution in [0.4, 0.5) is 0 Å². The lowest BCUT2D eigenvalue weighted by Gasteiger charge is -2.32. The normalized spacial score (nSPS) is 17.7. The maximum absolute atomic E-state index is 13.2. The van der Waals surface area contributed by atoms with Gasteiger partial charge in [0.2, 0.25) is 15.6 Å². The van der Waals surface area contributed by atoms with Crippen molar-refractivity contribution in [2.24, 2.45) is 0 Å². The molecule has 0 aliphatic carbocycles. The second-order valence-corrected chi connectivity index (χ2v) is 10.3.